The van der Waals surface area contributed by atoms with Gasteiger partial charge in [0.1, 0.15) is 18.6 Å². The van der Waals surface area contributed by atoms with Crippen molar-refractivity contribution >= 4 is 11.8 Å². The van der Waals surface area contributed by atoms with Crippen LogP contribution >= 0.6 is 0 Å². The van der Waals surface area contributed by atoms with Gasteiger partial charge in [0.05, 0.1) is 24.4 Å². The first-order valence-electron chi connectivity index (χ1n) is 9.57. The van der Waals surface area contributed by atoms with E-state index in [9.17, 15) is 9.59 Å². The molecule has 0 spiro atoms. The molecule has 1 aromatic heterocycles. The number of carbonyl (C=O) groups excluding carboxylic acids is 2. The SMILES string of the molecule is Cc1cccc(OCCNC(=O)C(C)N2CCN(C(=O)c3ccoc3)CC2)c1. The Bertz CT molecular complexity index is 783. The standard InChI is InChI=1S/C21H27N3O4/c1-16-4-3-5-19(14-16)28-13-7-22-20(25)17(2)23-8-10-24(11-9-23)21(26)18-6-12-27-15-18/h3-6,12,14-15,17H,7-11,13H2,1-2H3,(H,22,25). The number of carbonyl (C=O) groups is 2. The minimum Gasteiger partial charge on any atom is -0.492 e. The highest BCUT2D eigenvalue weighted by atomic mass is 16.5. The minimum absolute atomic E-state index is 0.0255. The molecule has 2 amide bonds. The highest BCUT2D eigenvalue weighted by Crippen LogP contribution is 2.13. The average Bonchev–Trinajstić information content (AvgIpc) is 3.25. The fourth-order valence-corrected chi connectivity index (χ4v) is 3.24. The Morgan fingerprint density at radius 1 is 1.21 bits per heavy atom. The highest BCUT2D eigenvalue weighted by molar-refractivity contribution is 5.93. The average molecular weight is 385 g/mol. The van der Waals surface area contributed by atoms with Gasteiger partial charge in [0.2, 0.25) is 5.91 Å². The molecule has 0 radical (unpaired) electrons. The van der Waals surface area contributed by atoms with Gasteiger partial charge in [-0.25, -0.2) is 0 Å². The van der Waals surface area contributed by atoms with Crippen LogP contribution in [0.2, 0.25) is 0 Å². The number of amides is 2. The predicted octanol–water partition coefficient (Wildman–Crippen LogP) is 1.93. The Hall–Kier alpha value is -2.80. The van der Waals surface area contributed by atoms with Crippen LogP contribution in [-0.4, -0.2) is 67.0 Å². The van der Waals surface area contributed by atoms with Gasteiger partial charge in [-0.2, -0.15) is 0 Å². The van der Waals surface area contributed by atoms with Crippen LogP contribution in [0.3, 0.4) is 0 Å². The number of benzene rings is 1. The van der Waals surface area contributed by atoms with Gasteiger partial charge in [0, 0.05) is 26.2 Å². The van der Waals surface area contributed by atoms with E-state index in [2.05, 4.69) is 10.2 Å². The number of furan rings is 1. The van der Waals surface area contributed by atoms with E-state index in [4.69, 9.17) is 9.15 Å². The second-order valence-corrected chi connectivity index (χ2v) is 6.97. The molecule has 1 N–H and O–H groups in total. The Labute approximate surface area is 165 Å². The summed E-state index contributed by atoms with van der Waals surface area (Å²) < 4.78 is 10.6. The van der Waals surface area contributed by atoms with E-state index < -0.39 is 0 Å². The molecule has 1 aliphatic heterocycles. The summed E-state index contributed by atoms with van der Waals surface area (Å²) in [6.07, 6.45) is 2.96. The van der Waals surface area contributed by atoms with Gasteiger partial charge >= 0.3 is 0 Å². The predicted molar refractivity (Wildman–Crippen MR) is 105 cm³/mol. The van der Waals surface area contributed by atoms with Crippen molar-refractivity contribution in [2.45, 2.75) is 19.9 Å². The molecule has 3 rings (SSSR count). The molecule has 1 atom stereocenters. The topological polar surface area (TPSA) is 75.0 Å². The maximum absolute atomic E-state index is 12.4. The largest absolute Gasteiger partial charge is 0.492 e. The third kappa shape index (κ3) is 5.13. The summed E-state index contributed by atoms with van der Waals surface area (Å²) in [5.74, 6) is 0.752. The Morgan fingerprint density at radius 2 is 2.00 bits per heavy atom. The van der Waals surface area contributed by atoms with Crippen LogP contribution in [0, 0.1) is 6.92 Å². The number of rotatable bonds is 7. The van der Waals surface area contributed by atoms with E-state index in [0.717, 1.165) is 11.3 Å². The molecule has 1 saturated heterocycles. The summed E-state index contributed by atoms with van der Waals surface area (Å²) in [4.78, 5) is 28.6. The molecule has 1 unspecified atom stereocenters. The van der Waals surface area contributed by atoms with Crippen molar-refractivity contribution < 1.29 is 18.7 Å². The van der Waals surface area contributed by atoms with Crippen molar-refractivity contribution in [3.63, 3.8) is 0 Å². The molecule has 0 aliphatic carbocycles. The molecule has 2 heterocycles. The van der Waals surface area contributed by atoms with Gasteiger partial charge in [-0.1, -0.05) is 12.1 Å². The number of aryl methyl sites for hydroxylation is 1. The smallest absolute Gasteiger partial charge is 0.257 e. The first kappa shape index (κ1) is 19.9. The maximum atomic E-state index is 12.4. The number of ether oxygens (including phenoxy) is 1. The Morgan fingerprint density at radius 3 is 2.68 bits per heavy atom. The number of nitrogens with zero attached hydrogens (tertiary/aromatic N) is 2. The summed E-state index contributed by atoms with van der Waals surface area (Å²) in [6.45, 7) is 7.31. The lowest BCUT2D eigenvalue weighted by molar-refractivity contribution is -0.126. The molecule has 28 heavy (non-hydrogen) atoms. The third-order valence-electron chi connectivity index (χ3n) is 4.96. The van der Waals surface area contributed by atoms with Gasteiger partial charge in [0.15, 0.2) is 0 Å². The van der Waals surface area contributed by atoms with Gasteiger partial charge in [-0.3, -0.25) is 14.5 Å². The fourth-order valence-electron chi connectivity index (χ4n) is 3.24. The van der Waals surface area contributed by atoms with Crippen LogP contribution in [0.25, 0.3) is 0 Å². The van der Waals surface area contributed by atoms with Crippen molar-refractivity contribution in [1.29, 1.82) is 0 Å². The van der Waals surface area contributed by atoms with E-state index >= 15 is 0 Å². The Kier molecular flexibility index (Phi) is 6.71. The second-order valence-electron chi connectivity index (χ2n) is 6.97. The summed E-state index contributed by atoms with van der Waals surface area (Å²) in [7, 11) is 0. The molecular weight excluding hydrogens is 358 g/mol. The molecule has 2 aromatic rings. The Balaban J connectivity index is 1.37. The molecule has 7 heteroatoms. The monoisotopic (exact) mass is 385 g/mol. The second kappa shape index (κ2) is 9.41. The molecule has 0 saturated carbocycles. The highest BCUT2D eigenvalue weighted by Gasteiger charge is 2.28. The molecule has 1 fully saturated rings. The number of nitrogens with one attached hydrogen (secondary N) is 1. The minimum atomic E-state index is -0.245. The van der Waals surface area contributed by atoms with E-state index in [-0.39, 0.29) is 17.9 Å². The van der Waals surface area contributed by atoms with Crippen LogP contribution in [0.15, 0.2) is 47.3 Å². The summed E-state index contributed by atoms with van der Waals surface area (Å²) in [5.41, 5.74) is 1.70. The van der Waals surface area contributed by atoms with Gasteiger partial charge in [-0.05, 0) is 37.6 Å². The van der Waals surface area contributed by atoms with Crippen LogP contribution < -0.4 is 10.1 Å². The zero-order valence-electron chi connectivity index (χ0n) is 16.4. The fraction of sp³-hybridized carbons (Fsp3) is 0.429. The van der Waals surface area contributed by atoms with Crippen molar-refractivity contribution in [3.05, 3.63) is 54.0 Å². The molecule has 1 aromatic carbocycles. The van der Waals surface area contributed by atoms with Gasteiger partial charge in [0.25, 0.3) is 5.91 Å². The van der Waals surface area contributed by atoms with Crippen LogP contribution in [0.4, 0.5) is 0 Å². The third-order valence-corrected chi connectivity index (χ3v) is 4.96. The van der Waals surface area contributed by atoms with E-state index in [1.165, 1.54) is 12.5 Å². The maximum Gasteiger partial charge on any atom is 0.257 e. The quantitative estimate of drug-likeness (QED) is 0.737. The lowest BCUT2D eigenvalue weighted by atomic mass is 10.2. The number of piperazine rings is 1. The van der Waals surface area contributed by atoms with E-state index in [1.807, 2.05) is 38.1 Å². The van der Waals surface area contributed by atoms with Crippen LogP contribution in [-0.2, 0) is 4.79 Å². The molecule has 0 bridgehead atoms. The molecular formula is C21H27N3O4. The van der Waals surface area contributed by atoms with Crippen molar-refractivity contribution in [2.75, 3.05) is 39.3 Å². The van der Waals surface area contributed by atoms with Crippen LogP contribution in [0.1, 0.15) is 22.8 Å². The molecule has 7 nitrogen and oxygen atoms in total. The van der Waals surface area contributed by atoms with Crippen molar-refractivity contribution in [3.8, 4) is 5.75 Å². The zero-order chi connectivity index (χ0) is 19.9. The molecule has 150 valence electrons. The van der Waals surface area contributed by atoms with Gasteiger partial charge < -0.3 is 19.4 Å². The first-order valence-corrected chi connectivity index (χ1v) is 9.57. The molecule has 1 aliphatic rings. The van der Waals surface area contributed by atoms with Crippen molar-refractivity contribution in [1.82, 2.24) is 15.1 Å². The first-order chi connectivity index (χ1) is 13.5. The summed E-state index contributed by atoms with van der Waals surface area (Å²) in [6, 6.07) is 9.26. The van der Waals surface area contributed by atoms with E-state index in [1.54, 1.807) is 11.0 Å². The number of hydrogen-bond donors (Lipinski definition) is 1. The van der Waals surface area contributed by atoms with Gasteiger partial charge in [-0.15, -0.1) is 0 Å². The zero-order valence-corrected chi connectivity index (χ0v) is 16.4. The lowest BCUT2D eigenvalue weighted by Gasteiger charge is -2.37. The van der Waals surface area contributed by atoms with Crippen molar-refractivity contribution in [2.24, 2.45) is 0 Å². The normalized spacial score (nSPS) is 15.9. The van der Waals surface area contributed by atoms with E-state index in [0.29, 0.717) is 44.9 Å². The lowest BCUT2D eigenvalue weighted by Crippen LogP contribution is -2.55. The summed E-state index contributed by atoms with van der Waals surface area (Å²) >= 11 is 0. The van der Waals surface area contributed by atoms with Crippen LogP contribution in [0.5, 0.6) is 5.75 Å². The number of hydrogen-bond acceptors (Lipinski definition) is 5. The summed E-state index contributed by atoms with van der Waals surface area (Å²) in [5, 5.41) is 2.92.